The Balaban J connectivity index is 2.18. The highest BCUT2D eigenvalue weighted by Gasteiger charge is 2.31. The van der Waals surface area contributed by atoms with Gasteiger partial charge in [0, 0.05) is 6.20 Å². The maximum atomic E-state index is 4.66. The molecule has 20 heavy (non-hydrogen) atoms. The number of rotatable bonds is 5. The molecule has 3 unspecified atom stereocenters. The summed E-state index contributed by atoms with van der Waals surface area (Å²) in [5.74, 6) is 2.42. The van der Waals surface area contributed by atoms with Crippen molar-refractivity contribution < 1.29 is 0 Å². The van der Waals surface area contributed by atoms with Gasteiger partial charge in [-0.3, -0.25) is 4.98 Å². The molecule has 1 aromatic heterocycles. The quantitative estimate of drug-likeness (QED) is 0.855. The van der Waals surface area contributed by atoms with E-state index in [0.29, 0.717) is 6.04 Å². The van der Waals surface area contributed by atoms with E-state index in [1.54, 1.807) is 0 Å². The number of nitrogens with zero attached hydrogens (tertiary/aromatic N) is 1. The van der Waals surface area contributed by atoms with E-state index < -0.39 is 0 Å². The van der Waals surface area contributed by atoms with E-state index in [9.17, 15) is 0 Å². The molecule has 112 valence electrons. The highest BCUT2D eigenvalue weighted by molar-refractivity contribution is 5.18. The molecule has 0 radical (unpaired) electrons. The normalized spacial score (nSPS) is 28.3. The Morgan fingerprint density at radius 3 is 2.55 bits per heavy atom. The maximum Gasteiger partial charge on any atom is 0.0578 e. The molecule has 0 spiro atoms. The average Bonchev–Trinajstić information content (AvgIpc) is 2.38. The van der Waals surface area contributed by atoms with Crippen molar-refractivity contribution in [1.82, 2.24) is 10.3 Å². The van der Waals surface area contributed by atoms with Crippen LogP contribution in [0.3, 0.4) is 0 Å². The van der Waals surface area contributed by atoms with Crippen LogP contribution >= 0.6 is 0 Å². The van der Waals surface area contributed by atoms with Crippen molar-refractivity contribution in [3.05, 3.63) is 29.6 Å². The zero-order chi connectivity index (χ0) is 14.5. The van der Waals surface area contributed by atoms with Gasteiger partial charge in [0.15, 0.2) is 0 Å². The van der Waals surface area contributed by atoms with Crippen molar-refractivity contribution in [1.29, 1.82) is 0 Å². The lowest BCUT2D eigenvalue weighted by molar-refractivity contribution is 0.174. The molecule has 2 nitrogen and oxygen atoms in total. The van der Waals surface area contributed by atoms with E-state index in [0.717, 1.165) is 24.3 Å². The molecule has 0 amide bonds. The Bertz CT molecular complexity index is 406. The van der Waals surface area contributed by atoms with Crippen molar-refractivity contribution in [2.24, 2.45) is 17.8 Å². The summed E-state index contributed by atoms with van der Waals surface area (Å²) >= 11 is 0. The summed E-state index contributed by atoms with van der Waals surface area (Å²) < 4.78 is 0. The molecule has 0 saturated heterocycles. The summed E-state index contributed by atoms with van der Waals surface area (Å²) in [5.41, 5.74) is 2.56. The third-order valence-electron chi connectivity index (χ3n) is 4.56. The Kier molecular flexibility index (Phi) is 5.59. The number of pyridine rings is 1. The van der Waals surface area contributed by atoms with Gasteiger partial charge in [-0.1, -0.05) is 20.8 Å². The van der Waals surface area contributed by atoms with E-state index >= 15 is 0 Å². The fraction of sp³-hybridized carbons (Fsp3) is 0.722. The Morgan fingerprint density at radius 2 is 1.95 bits per heavy atom. The van der Waals surface area contributed by atoms with Gasteiger partial charge in [-0.2, -0.15) is 0 Å². The standard InChI is InChI=1S/C18H30N2/c1-5-7-20-18(17-12-13(2)6-8-19-17)16-10-14(3)9-15(4)11-16/h6,8,12,14-16,18,20H,5,7,9-11H2,1-4H3. The first kappa shape index (κ1) is 15.5. The predicted molar refractivity (Wildman–Crippen MR) is 85.7 cm³/mol. The van der Waals surface area contributed by atoms with Crippen LogP contribution in [0.5, 0.6) is 0 Å². The molecule has 1 N–H and O–H groups in total. The number of aryl methyl sites for hydroxylation is 1. The minimum atomic E-state index is 0.431. The van der Waals surface area contributed by atoms with Gasteiger partial charge in [0.05, 0.1) is 11.7 Å². The van der Waals surface area contributed by atoms with Crippen molar-refractivity contribution in [3.63, 3.8) is 0 Å². The van der Waals surface area contributed by atoms with Gasteiger partial charge in [0.1, 0.15) is 0 Å². The van der Waals surface area contributed by atoms with Crippen molar-refractivity contribution in [2.75, 3.05) is 6.54 Å². The van der Waals surface area contributed by atoms with Crippen LogP contribution in [-0.4, -0.2) is 11.5 Å². The monoisotopic (exact) mass is 274 g/mol. The van der Waals surface area contributed by atoms with E-state index in [1.165, 1.54) is 36.9 Å². The van der Waals surface area contributed by atoms with E-state index in [-0.39, 0.29) is 0 Å². The number of hydrogen-bond acceptors (Lipinski definition) is 2. The molecular weight excluding hydrogens is 244 g/mol. The molecule has 1 saturated carbocycles. The second kappa shape index (κ2) is 7.21. The third-order valence-corrected chi connectivity index (χ3v) is 4.56. The second-order valence-corrected chi connectivity index (χ2v) is 6.87. The van der Waals surface area contributed by atoms with Crippen LogP contribution in [0, 0.1) is 24.7 Å². The topological polar surface area (TPSA) is 24.9 Å². The lowest BCUT2D eigenvalue weighted by Crippen LogP contribution is -2.34. The third kappa shape index (κ3) is 4.05. The van der Waals surface area contributed by atoms with E-state index in [4.69, 9.17) is 0 Å². The molecule has 1 aliphatic carbocycles. The largest absolute Gasteiger partial charge is 0.308 e. The molecule has 2 heteroatoms. The van der Waals surface area contributed by atoms with Gasteiger partial charge in [-0.25, -0.2) is 0 Å². The zero-order valence-corrected chi connectivity index (χ0v) is 13.5. The summed E-state index contributed by atoms with van der Waals surface area (Å²) in [6.07, 6.45) is 7.20. The SMILES string of the molecule is CCCNC(c1cc(C)ccn1)C1CC(C)CC(C)C1. The Morgan fingerprint density at radius 1 is 1.25 bits per heavy atom. The minimum absolute atomic E-state index is 0.431. The zero-order valence-electron chi connectivity index (χ0n) is 13.5. The molecule has 2 rings (SSSR count). The highest BCUT2D eigenvalue weighted by atomic mass is 14.9. The van der Waals surface area contributed by atoms with Gasteiger partial charge in [-0.15, -0.1) is 0 Å². The van der Waals surface area contributed by atoms with Crippen LogP contribution in [-0.2, 0) is 0 Å². The predicted octanol–water partition coefficient (Wildman–Crippen LogP) is 4.50. The number of nitrogens with one attached hydrogen (secondary N) is 1. The highest BCUT2D eigenvalue weighted by Crippen LogP contribution is 2.39. The Hall–Kier alpha value is -0.890. The van der Waals surface area contributed by atoms with Gasteiger partial charge >= 0.3 is 0 Å². The van der Waals surface area contributed by atoms with E-state index in [2.05, 4.69) is 50.1 Å². The lowest BCUT2D eigenvalue weighted by atomic mass is 9.73. The summed E-state index contributed by atoms with van der Waals surface area (Å²) in [6, 6.07) is 4.78. The fourth-order valence-corrected chi connectivity index (χ4v) is 3.82. The first-order chi connectivity index (χ1) is 9.60. The van der Waals surface area contributed by atoms with Crippen molar-refractivity contribution >= 4 is 0 Å². The van der Waals surface area contributed by atoms with Crippen molar-refractivity contribution in [2.45, 2.75) is 59.4 Å². The van der Waals surface area contributed by atoms with Crippen LogP contribution in [0.1, 0.15) is 63.8 Å². The van der Waals surface area contributed by atoms with Crippen LogP contribution < -0.4 is 5.32 Å². The van der Waals surface area contributed by atoms with Crippen LogP contribution in [0.15, 0.2) is 18.3 Å². The average molecular weight is 274 g/mol. The molecule has 3 atom stereocenters. The van der Waals surface area contributed by atoms with Gasteiger partial charge in [0.2, 0.25) is 0 Å². The minimum Gasteiger partial charge on any atom is -0.308 e. The maximum absolute atomic E-state index is 4.66. The second-order valence-electron chi connectivity index (χ2n) is 6.87. The molecule has 1 aliphatic rings. The molecule has 0 aliphatic heterocycles. The van der Waals surface area contributed by atoms with Crippen LogP contribution in [0.2, 0.25) is 0 Å². The lowest BCUT2D eigenvalue weighted by Gasteiger charge is -2.37. The van der Waals surface area contributed by atoms with E-state index in [1.807, 2.05) is 6.20 Å². The molecule has 1 heterocycles. The first-order valence-corrected chi connectivity index (χ1v) is 8.26. The molecule has 0 bridgehead atoms. The fourth-order valence-electron chi connectivity index (χ4n) is 3.82. The smallest absolute Gasteiger partial charge is 0.0578 e. The summed E-state index contributed by atoms with van der Waals surface area (Å²) in [6.45, 7) is 10.3. The molecule has 1 aromatic rings. The number of aromatic nitrogens is 1. The number of hydrogen-bond donors (Lipinski definition) is 1. The summed E-state index contributed by atoms with van der Waals surface area (Å²) in [5, 5.41) is 3.76. The van der Waals surface area contributed by atoms with Gasteiger partial charge in [0.25, 0.3) is 0 Å². The molecule has 0 aromatic carbocycles. The van der Waals surface area contributed by atoms with Gasteiger partial charge < -0.3 is 5.32 Å². The van der Waals surface area contributed by atoms with Crippen molar-refractivity contribution in [3.8, 4) is 0 Å². The molecule has 1 fully saturated rings. The summed E-state index contributed by atoms with van der Waals surface area (Å²) in [7, 11) is 0. The van der Waals surface area contributed by atoms with Gasteiger partial charge in [-0.05, 0) is 74.6 Å². The summed E-state index contributed by atoms with van der Waals surface area (Å²) in [4.78, 5) is 4.66. The van der Waals surface area contributed by atoms with Crippen LogP contribution in [0.4, 0.5) is 0 Å². The Labute approximate surface area is 124 Å². The van der Waals surface area contributed by atoms with Crippen LogP contribution in [0.25, 0.3) is 0 Å². The molecular formula is C18H30N2. The first-order valence-electron chi connectivity index (χ1n) is 8.26.